The highest BCUT2D eigenvalue weighted by Gasteiger charge is 2.10. The number of hydrogen-bond donors (Lipinski definition) is 1. The van der Waals surface area contributed by atoms with Crippen LogP contribution in [-0.4, -0.2) is 23.5 Å². The van der Waals surface area contributed by atoms with Gasteiger partial charge in [-0.2, -0.15) is 0 Å². The molecule has 1 aliphatic heterocycles. The normalized spacial score (nSPS) is 13.7. The molecular weight excluding hydrogens is 246 g/mol. The van der Waals surface area contributed by atoms with Crippen molar-refractivity contribution in [3.05, 3.63) is 65.0 Å². The van der Waals surface area contributed by atoms with Gasteiger partial charge in [0.1, 0.15) is 0 Å². The van der Waals surface area contributed by atoms with E-state index in [1.165, 1.54) is 16.7 Å². The molecule has 104 valence electrons. The highest BCUT2D eigenvalue weighted by Crippen LogP contribution is 2.17. The Morgan fingerprint density at radius 1 is 1.15 bits per heavy atom. The van der Waals surface area contributed by atoms with E-state index in [0.29, 0.717) is 0 Å². The predicted octanol–water partition coefficient (Wildman–Crippen LogP) is 2.36. The fourth-order valence-electron chi connectivity index (χ4n) is 2.69. The van der Waals surface area contributed by atoms with Crippen molar-refractivity contribution in [2.75, 3.05) is 13.6 Å². The summed E-state index contributed by atoms with van der Waals surface area (Å²) in [5.74, 6) is 0. The molecule has 0 radical (unpaired) electrons. The number of likely N-dealkylation sites (N-methyl/N-ethyl adjacent to an activating group) is 1. The molecule has 0 unspecified atom stereocenters. The third-order valence-electron chi connectivity index (χ3n) is 3.83. The lowest BCUT2D eigenvalue weighted by molar-refractivity contribution is 0.330. The van der Waals surface area contributed by atoms with Gasteiger partial charge >= 0.3 is 0 Å². The molecule has 3 nitrogen and oxygen atoms in total. The van der Waals surface area contributed by atoms with Crippen LogP contribution in [-0.2, 0) is 26.1 Å². The Morgan fingerprint density at radius 2 is 2.05 bits per heavy atom. The molecule has 1 N–H and O–H groups in total. The molecule has 3 rings (SSSR count). The third-order valence-corrected chi connectivity index (χ3v) is 3.83. The van der Waals surface area contributed by atoms with E-state index in [4.69, 9.17) is 0 Å². The van der Waals surface area contributed by atoms with E-state index < -0.39 is 0 Å². The number of fused-ring (bicyclic) bond motifs is 1. The number of nitrogens with one attached hydrogen (secondary N) is 1. The minimum Gasteiger partial charge on any atom is -0.309 e. The molecule has 20 heavy (non-hydrogen) atoms. The maximum atomic E-state index is 4.37. The number of aromatic nitrogens is 1. The average Bonchev–Trinajstić information content (AvgIpc) is 2.94. The summed E-state index contributed by atoms with van der Waals surface area (Å²) in [6.45, 7) is 4.07. The minimum atomic E-state index is 1.00. The molecule has 2 aromatic rings. The Balaban J connectivity index is 1.55. The molecule has 0 amide bonds. The topological polar surface area (TPSA) is 28.2 Å². The van der Waals surface area contributed by atoms with Gasteiger partial charge in [-0.05, 0) is 35.9 Å². The van der Waals surface area contributed by atoms with Gasteiger partial charge in [0, 0.05) is 44.5 Å². The summed E-state index contributed by atoms with van der Waals surface area (Å²) >= 11 is 0. The van der Waals surface area contributed by atoms with E-state index in [9.17, 15) is 0 Å². The van der Waals surface area contributed by atoms with Crippen molar-refractivity contribution in [3.63, 3.8) is 0 Å². The van der Waals surface area contributed by atoms with Gasteiger partial charge in [0.15, 0.2) is 0 Å². The maximum absolute atomic E-state index is 4.37. The molecule has 1 aromatic heterocycles. The van der Waals surface area contributed by atoms with Crippen LogP contribution in [0.3, 0.4) is 0 Å². The zero-order valence-electron chi connectivity index (χ0n) is 12.0. The highest BCUT2D eigenvalue weighted by atomic mass is 15.1. The third kappa shape index (κ3) is 3.24. The SMILES string of the molecule is CN(CCc1ccccn1)Cc1ccc2c(c1)CNC2. The quantitative estimate of drug-likeness (QED) is 0.901. The smallest absolute Gasteiger partial charge is 0.0416 e. The van der Waals surface area contributed by atoms with E-state index >= 15 is 0 Å². The molecule has 0 saturated carbocycles. The van der Waals surface area contributed by atoms with E-state index in [1.807, 2.05) is 12.3 Å². The molecule has 0 aliphatic carbocycles. The van der Waals surface area contributed by atoms with Gasteiger partial charge in [0.2, 0.25) is 0 Å². The summed E-state index contributed by atoms with van der Waals surface area (Å²) < 4.78 is 0. The van der Waals surface area contributed by atoms with Gasteiger partial charge in [0.25, 0.3) is 0 Å². The first-order valence-corrected chi connectivity index (χ1v) is 7.21. The molecule has 0 saturated heterocycles. The lowest BCUT2D eigenvalue weighted by Crippen LogP contribution is -2.21. The fourth-order valence-corrected chi connectivity index (χ4v) is 2.69. The van der Waals surface area contributed by atoms with Gasteiger partial charge in [-0.25, -0.2) is 0 Å². The van der Waals surface area contributed by atoms with Gasteiger partial charge < -0.3 is 10.2 Å². The molecule has 2 heterocycles. The summed E-state index contributed by atoms with van der Waals surface area (Å²) in [6, 6.07) is 13.0. The van der Waals surface area contributed by atoms with Crippen LogP contribution >= 0.6 is 0 Å². The van der Waals surface area contributed by atoms with Crippen LogP contribution in [0.1, 0.15) is 22.4 Å². The Labute approximate surface area is 120 Å². The second-order valence-electron chi connectivity index (χ2n) is 5.52. The number of pyridine rings is 1. The number of nitrogens with zero attached hydrogens (tertiary/aromatic N) is 2. The fraction of sp³-hybridized carbons (Fsp3) is 0.353. The Bertz CT molecular complexity index is 566. The van der Waals surface area contributed by atoms with Crippen molar-refractivity contribution in [2.24, 2.45) is 0 Å². The second-order valence-corrected chi connectivity index (χ2v) is 5.52. The summed E-state index contributed by atoms with van der Waals surface area (Å²) in [6.07, 6.45) is 2.87. The largest absolute Gasteiger partial charge is 0.309 e. The first-order chi connectivity index (χ1) is 9.81. The lowest BCUT2D eigenvalue weighted by atomic mass is 10.1. The summed E-state index contributed by atoms with van der Waals surface area (Å²) in [4.78, 5) is 6.73. The monoisotopic (exact) mass is 267 g/mol. The molecule has 0 atom stereocenters. The molecule has 1 aliphatic rings. The van der Waals surface area contributed by atoms with Gasteiger partial charge in [-0.1, -0.05) is 24.3 Å². The van der Waals surface area contributed by atoms with E-state index in [2.05, 4.69) is 52.6 Å². The molecule has 0 fully saturated rings. The van der Waals surface area contributed by atoms with E-state index in [0.717, 1.165) is 38.3 Å². The number of hydrogen-bond acceptors (Lipinski definition) is 3. The number of benzene rings is 1. The van der Waals surface area contributed by atoms with Crippen LogP contribution in [0, 0.1) is 0 Å². The predicted molar refractivity (Wildman–Crippen MR) is 81.3 cm³/mol. The minimum absolute atomic E-state index is 1.00. The Kier molecular flexibility index (Phi) is 4.09. The lowest BCUT2D eigenvalue weighted by Gasteiger charge is -2.17. The highest BCUT2D eigenvalue weighted by molar-refractivity contribution is 5.34. The van der Waals surface area contributed by atoms with Crippen LogP contribution < -0.4 is 5.32 Å². The average molecular weight is 267 g/mol. The van der Waals surface area contributed by atoms with Gasteiger partial charge in [-0.3, -0.25) is 4.98 Å². The number of rotatable bonds is 5. The van der Waals surface area contributed by atoms with Crippen molar-refractivity contribution in [1.29, 1.82) is 0 Å². The summed E-state index contributed by atoms with van der Waals surface area (Å²) in [5.41, 5.74) is 5.47. The zero-order valence-corrected chi connectivity index (χ0v) is 12.0. The van der Waals surface area contributed by atoms with Crippen LogP contribution in [0.25, 0.3) is 0 Å². The Hall–Kier alpha value is -1.71. The second kappa shape index (κ2) is 6.16. The van der Waals surface area contributed by atoms with Gasteiger partial charge in [0.05, 0.1) is 0 Å². The van der Waals surface area contributed by atoms with Crippen LogP contribution in [0.5, 0.6) is 0 Å². The Morgan fingerprint density at radius 3 is 2.90 bits per heavy atom. The molecule has 1 aromatic carbocycles. The van der Waals surface area contributed by atoms with Crippen LogP contribution in [0.15, 0.2) is 42.6 Å². The van der Waals surface area contributed by atoms with E-state index in [1.54, 1.807) is 0 Å². The van der Waals surface area contributed by atoms with Crippen molar-refractivity contribution < 1.29 is 0 Å². The van der Waals surface area contributed by atoms with Crippen LogP contribution in [0.2, 0.25) is 0 Å². The molecule has 0 spiro atoms. The first-order valence-electron chi connectivity index (χ1n) is 7.21. The summed E-state index contributed by atoms with van der Waals surface area (Å²) in [5, 5.41) is 3.39. The van der Waals surface area contributed by atoms with Crippen molar-refractivity contribution >= 4 is 0 Å². The van der Waals surface area contributed by atoms with Gasteiger partial charge in [-0.15, -0.1) is 0 Å². The first kappa shape index (κ1) is 13.3. The van der Waals surface area contributed by atoms with Crippen molar-refractivity contribution in [1.82, 2.24) is 15.2 Å². The van der Waals surface area contributed by atoms with Crippen LogP contribution in [0.4, 0.5) is 0 Å². The standard InChI is InChI=1S/C17H21N3/c1-20(9-7-17-4-2-3-8-19-17)13-14-5-6-15-11-18-12-16(15)10-14/h2-6,8,10,18H,7,9,11-13H2,1H3. The molecular formula is C17H21N3. The molecule has 0 bridgehead atoms. The van der Waals surface area contributed by atoms with E-state index in [-0.39, 0.29) is 0 Å². The zero-order chi connectivity index (χ0) is 13.8. The summed E-state index contributed by atoms with van der Waals surface area (Å²) in [7, 11) is 2.18. The van der Waals surface area contributed by atoms with Crippen molar-refractivity contribution in [2.45, 2.75) is 26.1 Å². The molecule has 3 heteroatoms. The van der Waals surface area contributed by atoms with Crippen molar-refractivity contribution in [3.8, 4) is 0 Å². The maximum Gasteiger partial charge on any atom is 0.0416 e.